The molecule has 1 atom stereocenters. The Hall–Kier alpha value is -1.42. The highest BCUT2D eigenvalue weighted by Gasteiger charge is 2.22. The van der Waals surface area contributed by atoms with E-state index in [1.54, 1.807) is 12.1 Å². The summed E-state index contributed by atoms with van der Waals surface area (Å²) in [5.74, 6) is -0.176. The number of nitrogens with zero attached hydrogens (tertiary/aromatic N) is 1. The van der Waals surface area contributed by atoms with Crippen LogP contribution in [0.4, 0.5) is 4.39 Å². The van der Waals surface area contributed by atoms with Crippen LogP contribution in [0.2, 0.25) is 0 Å². The van der Waals surface area contributed by atoms with Crippen LogP contribution in [0.1, 0.15) is 44.6 Å². The molecule has 116 valence electrons. The van der Waals surface area contributed by atoms with E-state index in [2.05, 4.69) is 5.32 Å². The summed E-state index contributed by atoms with van der Waals surface area (Å²) in [5.41, 5.74) is 0.623. The Kier molecular flexibility index (Phi) is 5.74. The number of likely N-dealkylation sites (N-methyl/N-ethyl adjacent to an activating group) is 1. The fourth-order valence-electron chi connectivity index (χ4n) is 2.80. The number of amides is 1. The van der Waals surface area contributed by atoms with Gasteiger partial charge in [0.2, 0.25) is 5.91 Å². The van der Waals surface area contributed by atoms with E-state index in [4.69, 9.17) is 0 Å². The van der Waals surface area contributed by atoms with Crippen LogP contribution in [-0.4, -0.2) is 29.9 Å². The molecular formula is C17H25FN2O. The summed E-state index contributed by atoms with van der Waals surface area (Å²) >= 11 is 0. The van der Waals surface area contributed by atoms with Gasteiger partial charge in [-0.25, -0.2) is 4.39 Å². The second-order valence-corrected chi connectivity index (χ2v) is 6.03. The van der Waals surface area contributed by atoms with E-state index in [1.807, 2.05) is 24.9 Å². The van der Waals surface area contributed by atoms with E-state index in [9.17, 15) is 9.18 Å². The Morgan fingerprint density at radius 1 is 1.33 bits per heavy atom. The van der Waals surface area contributed by atoms with Gasteiger partial charge in [0.05, 0.1) is 6.04 Å². The molecule has 1 aliphatic carbocycles. The normalized spacial score (nSPS) is 17.7. The second kappa shape index (κ2) is 7.55. The minimum atomic E-state index is -0.258. The maximum absolute atomic E-state index is 13.7. The average molecular weight is 292 g/mol. The average Bonchev–Trinajstić information content (AvgIpc) is 2.49. The molecule has 1 saturated carbocycles. The molecule has 0 saturated heterocycles. The zero-order valence-electron chi connectivity index (χ0n) is 12.9. The molecule has 0 heterocycles. The topological polar surface area (TPSA) is 32.3 Å². The van der Waals surface area contributed by atoms with Crippen molar-refractivity contribution >= 4 is 5.91 Å². The molecule has 0 spiro atoms. The third kappa shape index (κ3) is 4.53. The number of halogens is 1. The minimum absolute atomic E-state index is 0.0424. The van der Waals surface area contributed by atoms with Gasteiger partial charge in [0.25, 0.3) is 0 Å². The molecule has 1 amide bonds. The SMILES string of the molecule is CC(C(=O)NC1CCCCC1)N(C)Cc1ccccc1F. The van der Waals surface area contributed by atoms with Crippen molar-refractivity contribution in [1.82, 2.24) is 10.2 Å². The van der Waals surface area contributed by atoms with Crippen LogP contribution in [0, 0.1) is 5.82 Å². The van der Waals surface area contributed by atoms with Gasteiger partial charge in [-0.1, -0.05) is 37.5 Å². The first-order valence-electron chi connectivity index (χ1n) is 7.82. The van der Waals surface area contributed by atoms with Crippen LogP contribution in [0.15, 0.2) is 24.3 Å². The lowest BCUT2D eigenvalue weighted by molar-refractivity contribution is -0.126. The van der Waals surface area contributed by atoms with Gasteiger partial charge >= 0.3 is 0 Å². The number of rotatable bonds is 5. The van der Waals surface area contributed by atoms with Crippen LogP contribution in [0.25, 0.3) is 0 Å². The van der Waals surface area contributed by atoms with Crippen molar-refractivity contribution in [3.05, 3.63) is 35.6 Å². The van der Waals surface area contributed by atoms with E-state index in [0.29, 0.717) is 18.2 Å². The van der Waals surface area contributed by atoms with Crippen molar-refractivity contribution in [1.29, 1.82) is 0 Å². The third-order valence-corrected chi connectivity index (χ3v) is 4.37. The highest BCUT2D eigenvalue weighted by atomic mass is 19.1. The molecular weight excluding hydrogens is 267 g/mol. The summed E-state index contributed by atoms with van der Waals surface area (Å²) < 4.78 is 13.7. The number of carbonyl (C=O) groups is 1. The number of benzene rings is 1. The molecule has 1 fully saturated rings. The molecule has 1 unspecified atom stereocenters. The van der Waals surface area contributed by atoms with Crippen molar-refractivity contribution in [3.63, 3.8) is 0 Å². The molecule has 0 bridgehead atoms. The number of hydrogen-bond donors (Lipinski definition) is 1. The minimum Gasteiger partial charge on any atom is -0.352 e. The summed E-state index contributed by atoms with van der Waals surface area (Å²) in [6.07, 6.45) is 5.83. The maximum Gasteiger partial charge on any atom is 0.237 e. The molecule has 3 nitrogen and oxygen atoms in total. The Bertz CT molecular complexity index is 472. The largest absolute Gasteiger partial charge is 0.352 e. The fraction of sp³-hybridized carbons (Fsp3) is 0.588. The van der Waals surface area contributed by atoms with E-state index >= 15 is 0 Å². The van der Waals surface area contributed by atoms with Crippen LogP contribution >= 0.6 is 0 Å². The Morgan fingerprint density at radius 3 is 2.67 bits per heavy atom. The lowest BCUT2D eigenvalue weighted by Crippen LogP contribution is -2.47. The molecule has 0 radical (unpaired) electrons. The standard InChI is InChI=1S/C17H25FN2O/c1-13(17(21)19-15-9-4-3-5-10-15)20(2)12-14-8-6-7-11-16(14)18/h6-8,11,13,15H,3-5,9-10,12H2,1-2H3,(H,19,21). The van der Waals surface area contributed by atoms with Crippen LogP contribution < -0.4 is 5.32 Å². The van der Waals surface area contributed by atoms with Gasteiger partial charge in [0.1, 0.15) is 5.82 Å². The third-order valence-electron chi connectivity index (χ3n) is 4.37. The van der Waals surface area contributed by atoms with Gasteiger partial charge in [-0.05, 0) is 32.9 Å². The second-order valence-electron chi connectivity index (χ2n) is 6.03. The Morgan fingerprint density at radius 2 is 2.00 bits per heavy atom. The summed E-state index contributed by atoms with van der Waals surface area (Å²) in [6.45, 7) is 2.31. The van der Waals surface area contributed by atoms with Gasteiger partial charge < -0.3 is 5.32 Å². The van der Waals surface area contributed by atoms with Crippen molar-refractivity contribution in [3.8, 4) is 0 Å². The van der Waals surface area contributed by atoms with Crippen molar-refractivity contribution in [2.75, 3.05) is 7.05 Å². The van der Waals surface area contributed by atoms with Crippen LogP contribution in [0.3, 0.4) is 0 Å². The lowest BCUT2D eigenvalue weighted by Gasteiger charge is -2.28. The first-order valence-corrected chi connectivity index (χ1v) is 7.82. The van der Waals surface area contributed by atoms with Crippen molar-refractivity contribution in [2.45, 2.75) is 57.7 Å². The number of carbonyl (C=O) groups excluding carboxylic acids is 1. The lowest BCUT2D eigenvalue weighted by atomic mass is 9.95. The molecule has 21 heavy (non-hydrogen) atoms. The maximum atomic E-state index is 13.7. The van der Waals surface area contributed by atoms with E-state index in [1.165, 1.54) is 25.3 Å². The van der Waals surface area contributed by atoms with Crippen molar-refractivity contribution in [2.24, 2.45) is 0 Å². The van der Waals surface area contributed by atoms with E-state index < -0.39 is 0 Å². The predicted molar refractivity (Wildman–Crippen MR) is 82.3 cm³/mol. The zero-order chi connectivity index (χ0) is 15.2. The molecule has 0 aliphatic heterocycles. The van der Waals surface area contributed by atoms with Crippen LogP contribution in [0.5, 0.6) is 0 Å². The predicted octanol–water partition coefficient (Wildman–Crippen LogP) is 3.09. The van der Waals surface area contributed by atoms with Gasteiger partial charge in [0, 0.05) is 18.2 Å². The van der Waals surface area contributed by atoms with Gasteiger partial charge in [-0.15, -0.1) is 0 Å². The fourth-order valence-corrected chi connectivity index (χ4v) is 2.80. The number of hydrogen-bond acceptors (Lipinski definition) is 2. The smallest absolute Gasteiger partial charge is 0.237 e. The highest BCUT2D eigenvalue weighted by molar-refractivity contribution is 5.81. The molecule has 1 N–H and O–H groups in total. The van der Waals surface area contributed by atoms with Gasteiger partial charge in [-0.3, -0.25) is 9.69 Å². The Labute approximate surface area is 126 Å². The quantitative estimate of drug-likeness (QED) is 0.904. The molecule has 1 aromatic rings. The summed E-state index contributed by atoms with van der Waals surface area (Å²) in [5, 5.41) is 3.13. The summed E-state index contributed by atoms with van der Waals surface area (Å²) in [6, 6.07) is 6.77. The van der Waals surface area contributed by atoms with Gasteiger partial charge in [0.15, 0.2) is 0 Å². The number of nitrogens with one attached hydrogen (secondary N) is 1. The summed E-state index contributed by atoms with van der Waals surface area (Å²) in [7, 11) is 1.86. The van der Waals surface area contributed by atoms with E-state index in [0.717, 1.165) is 12.8 Å². The Balaban J connectivity index is 1.87. The summed E-state index contributed by atoms with van der Waals surface area (Å²) in [4.78, 5) is 14.2. The van der Waals surface area contributed by atoms with E-state index in [-0.39, 0.29) is 17.8 Å². The van der Waals surface area contributed by atoms with Crippen molar-refractivity contribution < 1.29 is 9.18 Å². The molecule has 2 rings (SSSR count). The monoisotopic (exact) mass is 292 g/mol. The zero-order valence-corrected chi connectivity index (χ0v) is 12.9. The molecule has 0 aromatic heterocycles. The molecule has 4 heteroatoms. The first kappa shape index (κ1) is 16.0. The highest BCUT2D eigenvalue weighted by Crippen LogP contribution is 2.18. The first-order chi connectivity index (χ1) is 10.1. The van der Waals surface area contributed by atoms with Crippen LogP contribution in [-0.2, 0) is 11.3 Å². The molecule has 1 aliphatic rings. The molecule has 1 aromatic carbocycles. The van der Waals surface area contributed by atoms with Gasteiger partial charge in [-0.2, -0.15) is 0 Å².